The van der Waals surface area contributed by atoms with Crippen LogP contribution in [0.1, 0.15) is 39.3 Å². The van der Waals surface area contributed by atoms with Gasteiger partial charge in [-0.1, -0.05) is 82.8 Å². The fraction of sp³-hybridized carbons (Fsp3) is 0.318. The van der Waals surface area contributed by atoms with Crippen molar-refractivity contribution in [2.45, 2.75) is 43.6 Å². The maximum atomic E-state index is 12.3. The van der Waals surface area contributed by atoms with E-state index in [0.29, 0.717) is 5.70 Å². The zero-order chi connectivity index (χ0) is 20.9. The highest BCUT2D eigenvalue weighted by Crippen LogP contribution is 2.34. The molecule has 2 aromatic rings. The molecular weight excluding hydrogens is 417 g/mol. The van der Waals surface area contributed by atoms with Gasteiger partial charge in [-0.2, -0.15) is 0 Å². The van der Waals surface area contributed by atoms with Gasteiger partial charge in [-0.25, -0.2) is 4.79 Å². The fourth-order valence-electron chi connectivity index (χ4n) is 2.92. The van der Waals surface area contributed by atoms with Crippen molar-refractivity contribution in [1.29, 1.82) is 0 Å². The third-order valence-electron chi connectivity index (χ3n) is 4.12. The lowest BCUT2D eigenvalue weighted by atomic mass is 9.99. The molecule has 28 heavy (non-hydrogen) atoms. The first kappa shape index (κ1) is 22.6. The molecule has 6 heteroatoms. The van der Waals surface area contributed by atoms with E-state index in [-0.39, 0.29) is 6.04 Å². The molecule has 150 valence electrons. The average molecular weight is 441 g/mol. The quantitative estimate of drug-likeness (QED) is 0.237. The number of rotatable bonds is 6. The van der Waals surface area contributed by atoms with Crippen LogP contribution in [-0.2, 0) is 9.53 Å². The number of allylic oxidation sites excluding steroid dienone is 2. The number of fused-ring (bicyclic) bond motifs is 1. The largest absolute Gasteiger partial charge is 0.450 e. The van der Waals surface area contributed by atoms with Gasteiger partial charge in [0.15, 0.2) is 6.10 Å². The predicted molar refractivity (Wildman–Crippen MR) is 119 cm³/mol. The molecule has 0 saturated carbocycles. The van der Waals surface area contributed by atoms with Gasteiger partial charge in [0.2, 0.25) is 3.79 Å². The first-order valence-electron chi connectivity index (χ1n) is 8.92. The molecule has 2 rings (SSSR count). The lowest BCUT2D eigenvalue weighted by molar-refractivity contribution is -0.140. The van der Waals surface area contributed by atoms with E-state index in [1.165, 1.54) is 16.8 Å². The summed E-state index contributed by atoms with van der Waals surface area (Å²) < 4.78 is 3.59. The molecule has 1 N–H and O–H groups in total. The summed E-state index contributed by atoms with van der Waals surface area (Å²) in [4.78, 5) is 12.3. The summed E-state index contributed by atoms with van der Waals surface area (Å²) in [5.41, 5.74) is 2.68. The van der Waals surface area contributed by atoms with Gasteiger partial charge in [0, 0.05) is 17.8 Å². The second-order valence-corrected chi connectivity index (χ2v) is 9.27. The van der Waals surface area contributed by atoms with Crippen molar-refractivity contribution in [3.63, 3.8) is 0 Å². The number of esters is 1. The molecule has 0 saturated heterocycles. The van der Waals surface area contributed by atoms with Gasteiger partial charge in [0.25, 0.3) is 0 Å². The third kappa shape index (κ3) is 6.44. The first-order chi connectivity index (χ1) is 13.1. The van der Waals surface area contributed by atoms with Gasteiger partial charge in [0.1, 0.15) is 0 Å². The van der Waals surface area contributed by atoms with Gasteiger partial charge in [0.05, 0.1) is 0 Å². The Kier molecular flexibility index (Phi) is 7.82. The van der Waals surface area contributed by atoms with Gasteiger partial charge >= 0.3 is 5.97 Å². The van der Waals surface area contributed by atoms with Crippen LogP contribution in [0.2, 0.25) is 0 Å². The second kappa shape index (κ2) is 9.69. The molecule has 0 aliphatic carbocycles. The minimum Gasteiger partial charge on any atom is -0.450 e. The maximum absolute atomic E-state index is 12.3. The van der Waals surface area contributed by atoms with Crippen LogP contribution >= 0.6 is 34.8 Å². The smallest absolute Gasteiger partial charge is 0.333 e. The molecule has 0 amide bonds. The molecule has 3 nitrogen and oxygen atoms in total. The van der Waals surface area contributed by atoms with Crippen LogP contribution in [0, 0.1) is 0 Å². The number of hydrogen-bond donors (Lipinski definition) is 1. The number of alkyl halides is 3. The predicted octanol–water partition coefficient (Wildman–Crippen LogP) is 6.64. The highest BCUT2D eigenvalue weighted by atomic mass is 35.6. The van der Waals surface area contributed by atoms with Gasteiger partial charge < -0.3 is 10.1 Å². The van der Waals surface area contributed by atoms with Crippen LogP contribution < -0.4 is 5.32 Å². The summed E-state index contributed by atoms with van der Waals surface area (Å²) in [5.74, 6) is -0.580. The summed E-state index contributed by atoms with van der Waals surface area (Å²) in [6.07, 6.45) is 2.01. The lowest BCUT2D eigenvalue weighted by Gasteiger charge is -2.22. The Hall–Kier alpha value is -1.68. The lowest BCUT2D eigenvalue weighted by Crippen LogP contribution is -2.29. The minimum absolute atomic E-state index is 0.00287. The monoisotopic (exact) mass is 439 g/mol. The number of hydrogen-bond acceptors (Lipinski definition) is 3. The SMILES string of the molecule is CC(C)=C[C@@H](OC(=O)C=C(C)N[C@H](C)c1cccc2ccccc12)C(Cl)(Cl)Cl. The van der Waals surface area contributed by atoms with Crippen molar-refractivity contribution < 1.29 is 9.53 Å². The Bertz CT molecular complexity index is 891. The van der Waals surface area contributed by atoms with Crippen LogP contribution in [0.25, 0.3) is 10.8 Å². The molecule has 2 aromatic carbocycles. The van der Waals surface area contributed by atoms with E-state index in [9.17, 15) is 4.79 Å². The van der Waals surface area contributed by atoms with Crippen molar-refractivity contribution in [3.8, 4) is 0 Å². The molecule has 0 unspecified atom stereocenters. The number of nitrogens with one attached hydrogen (secondary N) is 1. The van der Waals surface area contributed by atoms with Crippen molar-refractivity contribution in [1.82, 2.24) is 5.32 Å². The Labute approximate surface area is 181 Å². The van der Waals surface area contributed by atoms with E-state index < -0.39 is 15.9 Å². The summed E-state index contributed by atoms with van der Waals surface area (Å²) in [6, 6.07) is 14.3. The highest BCUT2D eigenvalue weighted by Gasteiger charge is 2.34. The van der Waals surface area contributed by atoms with E-state index in [0.717, 1.165) is 11.1 Å². The molecule has 0 bridgehead atoms. The summed E-state index contributed by atoms with van der Waals surface area (Å²) in [7, 11) is 0. The summed E-state index contributed by atoms with van der Waals surface area (Å²) >= 11 is 17.7. The zero-order valence-electron chi connectivity index (χ0n) is 16.3. The van der Waals surface area contributed by atoms with Crippen LogP contribution in [-0.4, -0.2) is 15.9 Å². The average Bonchev–Trinajstić information content (AvgIpc) is 2.59. The van der Waals surface area contributed by atoms with E-state index in [1.807, 2.05) is 39.0 Å². The number of carbonyl (C=O) groups excluding carboxylic acids is 1. The number of carbonyl (C=O) groups is 1. The van der Waals surface area contributed by atoms with Crippen molar-refractivity contribution >= 4 is 51.5 Å². The number of ether oxygens (including phenoxy) is 1. The van der Waals surface area contributed by atoms with Gasteiger partial charge in [-0.05, 0) is 50.1 Å². The Morgan fingerprint density at radius 3 is 2.36 bits per heavy atom. The molecule has 0 aromatic heterocycles. The third-order valence-corrected chi connectivity index (χ3v) is 4.76. The molecule has 0 radical (unpaired) electrons. The molecule has 0 spiro atoms. The Balaban J connectivity index is 2.12. The highest BCUT2D eigenvalue weighted by molar-refractivity contribution is 6.68. The topological polar surface area (TPSA) is 38.3 Å². The number of halogens is 3. The van der Waals surface area contributed by atoms with Crippen LogP contribution in [0.5, 0.6) is 0 Å². The molecule has 0 heterocycles. The van der Waals surface area contributed by atoms with Crippen molar-refractivity contribution in [3.05, 3.63) is 71.5 Å². The Morgan fingerprint density at radius 1 is 1.07 bits per heavy atom. The Morgan fingerprint density at radius 2 is 1.71 bits per heavy atom. The van der Waals surface area contributed by atoms with Crippen molar-refractivity contribution in [2.24, 2.45) is 0 Å². The van der Waals surface area contributed by atoms with Gasteiger partial charge in [-0.3, -0.25) is 0 Å². The van der Waals surface area contributed by atoms with Crippen LogP contribution in [0.3, 0.4) is 0 Å². The zero-order valence-corrected chi connectivity index (χ0v) is 18.6. The normalized spacial score (nSPS) is 14.3. The van der Waals surface area contributed by atoms with E-state index in [4.69, 9.17) is 39.5 Å². The maximum Gasteiger partial charge on any atom is 0.333 e. The molecule has 2 atom stereocenters. The summed E-state index contributed by atoms with van der Waals surface area (Å²) in [5, 5.41) is 5.65. The molecule has 0 aliphatic heterocycles. The fourth-order valence-corrected chi connectivity index (χ4v) is 3.25. The van der Waals surface area contributed by atoms with E-state index in [2.05, 4.69) is 29.6 Å². The summed E-state index contributed by atoms with van der Waals surface area (Å²) in [6.45, 7) is 7.52. The molecule has 0 aliphatic rings. The van der Waals surface area contributed by atoms with Gasteiger partial charge in [-0.15, -0.1) is 0 Å². The minimum atomic E-state index is -1.74. The standard InChI is InChI=1S/C22H24Cl3NO2/c1-14(2)12-20(22(23,24)25)28-21(27)13-15(3)26-16(4)18-11-7-9-17-8-5-6-10-19(17)18/h5-13,16,20,26H,1-4H3/t16-,20-/m1/s1. The van der Waals surface area contributed by atoms with Crippen molar-refractivity contribution in [2.75, 3.05) is 0 Å². The number of benzene rings is 2. The second-order valence-electron chi connectivity index (χ2n) is 6.90. The van der Waals surface area contributed by atoms with E-state index in [1.54, 1.807) is 13.0 Å². The van der Waals surface area contributed by atoms with Crippen LogP contribution in [0.15, 0.2) is 65.9 Å². The van der Waals surface area contributed by atoms with E-state index >= 15 is 0 Å². The van der Waals surface area contributed by atoms with Crippen LogP contribution in [0.4, 0.5) is 0 Å². The molecular formula is C22H24Cl3NO2. The first-order valence-corrected chi connectivity index (χ1v) is 10.1. The molecule has 0 fully saturated rings.